The van der Waals surface area contributed by atoms with Gasteiger partial charge < -0.3 is 9.64 Å². The number of hydrogen-bond acceptors (Lipinski definition) is 4. The molecule has 27 heavy (non-hydrogen) atoms. The second kappa shape index (κ2) is 7.56. The SMILES string of the molecule is Cc1ccc(C)c(OC2CCN(C(=O)c3cc(-c4cccs4)[nH]n3)CC2)c1. The molecule has 2 aromatic heterocycles. The number of aromatic amines is 1. The largest absolute Gasteiger partial charge is 0.490 e. The molecule has 5 nitrogen and oxygen atoms in total. The quantitative estimate of drug-likeness (QED) is 0.727. The Bertz CT molecular complexity index is 925. The Kier molecular flexibility index (Phi) is 4.99. The summed E-state index contributed by atoms with van der Waals surface area (Å²) in [4.78, 5) is 15.7. The number of carbonyl (C=O) groups is 1. The topological polar surface area (TPSA) is 58.2 Å². The number of aryl methyl sites for hydroxylation is 2. The van der Waals surface area contributed by atoms with Crippen LogP contribution in [0.5, 0.6) is 5.75 Å². The minimum Gasteiger partial charge on any atom is -0.490 e. The van der Waals surface area contributed by atoms with Crippen LogP contribution in [0.4, 0.5) is 0 Å². The summed E-state index contributed by atoms with van der Waals surface area (Å²) in [5.74, 6) is 0.937. The van der Waals surface area contributed by atoms with Crippen molar-refractivity contribution in [3.63, 3.8) is 0 Å². The minimum atomic E-state index is -0.0146. The number of H-pyrrole nitrogens is 1. The van der Waals surface area contributed by atoms with Crippen molar-refractivity contribution in [2.45, 2.75) is 32.8 Å². The van der Waals surface area contributed by atoms with Gasteiger partial charge in [0, 0.05) is 25.9 Å². The molecule has 0 atom stereocenters. The third-order valence-corrected chi connectivity index (χ3v) is 5.85. The lowest BCUT2D eigenvalue weighted by Gasteiger charge is -2.32. The van der Waals surface area contributed by atoms with Crippen molar-refractivity contribution in [3.05, 3.63) is 58.6 Å². The van der Waals surface area contributed by atoms with Crippen LogP contribution < -0.4 is 4.74 Å². The zero-order valence-electron chi connectivity index (χ0n) is 15.6. The molecule has 0 aliphatic carbocycles. The van der Waals surface area contributed by atoms with Crippen molar-refractivity contribution in [3.8, 4) is 16.3 Å². The Morgan fingerprint density at radius 1 is 1.22 bits per heavy atom. The Morgan fingerprint density at radius 2 is 2.04 bits per heavy atom. The number of hydrogen-bond donors (Lipinski definition) is 1. The molecule has 0 radical (unpaired) electrons. The van der Waals surface area contributed by atoms with Crippen LogP contribution in [0.25, 0.3) is 10.6 Å². The van der Waals surface area contributed by atoms with E-state index in [1.807, 2.05) is 28.5 Å². The molecule has 1 aromatic carbocycles. The van der Waals surface area contributed by atoms with Crippen molar-refractivity contribution >= 4 is 17.2 Å². The summed E-state index contributed by atoms with van der Waals surface area (Å²) in [6.07, 6.45) is 1.82. The summed E-state index contributed by atoms with van der Waals surface area (Å²) < 4.78 is 6.20. The average molecular weight is 382 g/mol. The van der Waals surface area contributed by atoms with Gasteiger partial charge in [-0.1, -0.05) is 18.2 Å². The van der Waals surface area contributed by atoms with Gasteiger partial charge in [0.1, 0.15) is 11.9 Å². The third kappa shape index (κ3) is 3.90. The molecule has 4 rings (SSSR count). The van der Waals surface area contributed by atoms with Crippen molar-refractivity contribution in [1.82, 2.24) is 15.1 Å². The summed E-state index contributed by atoms with van der Waals surface area (Å²) >= 11 is 1.63. The van der Waals surface area contributed by atoms with Gasteiger partial charge in [-0.2, -0.15) is 5.10 Å². The molecule has 0 unspecified atom stereocenters. The van der Waals surface area contributed by atoms with E-state index in [1.165, 1.54) is 5.56 Å². The first-order valence-electron chi connectivity index (χ1n) is 9.22. The lowest BCUT2D eigenvalue weighted by Crippen LogP contribution is -2.42. The van der Waals surface area contributed by atoms with E-state index in [1.54, 1.807) is 11.3 Å². The second-order valence-electron chi connectivity index (χ2n) is 7.02. The smallest absolute Gasteiger partial charge is 0.274 e. The molecule has 0 saturated carbocycles. The average Bonchev–Trinajstić information content (AvgIpc) is 3.36. The standard InChI is InChI=1S/C21H23N3O2S/c1-14-5-6-15(2)19(12-14)26-16-7-9-24(10-8-16)21(25)18-13-17(22-23-18)20-4-3-11-27-20/h3-6,11-13,16H,7-10H2,1-2H3,(H,22,23). The van der Waals surface area contributed by atoms with Gasteiger partial charge in [0.2, 0.25) is 0 Å². The number of likely N-dealkylation sites (tertiary alicyclic amines) is 1. The number of amides is 1. The van der Waals surface area contributed by atoms with Crippen LogP contribution in [-0.4, -0.2) is 40.2 Å². The van der Waals surface area contributed by atoms with Gasteiger partial charge in [-0.3, -0.25) is 9.89 Å². The molecule has 1 fully saturated rings. The lowest BCUT2D eigenvalue weighted by atomic mass is 10.1. The van der Waals surface area contributed by atoms with Crippen molar-refractivity contribution in [2.24, 2.45) is 0 Å². The highest BCUT2D eigenvalue weighted by molar-refractivity contribution is 7.13. The van der Waals surface area contributed by atoms with Gasteiger partial charge >= 0.3 is 0 Å². The number of benzene rings is 1. The number of piperidine rings is 1. The highest BCUT2D eigenvalue weighted by Crippen LogP contribution is 2.26. The molecule has 0 spiro atoms. The minimum absolute atomic E-state index is 0.0146. The molecule has 3 heterocycles. The number of nitrogens with zero attached hydrogens (tertiary/aromatic N) is 2. The van der Waals surface area contributed by atoms with E-state index in [2.05, 4.69) is 42.2 Å². The monoisotopic (exact) mass is 381 g/mol. The molecular formula is C21H23N3O2S. The second-order valence-corrected chi connectivity index (χ2v) is 7.97. The Morgan fingerprint density at radius 3 is 2.78 bits per heavy atom. The molecule has 1 aliphatic rings. The first-order valence-corrected chi connectivity index (χ1v) is 10.1. The summed E-state index contributed by atoms with van der Waals surface area (Å²) in [6, 6.07) is 12.1. The van der Waals surface area contributed by atoms with Crippen LogP contribution in [-0.2, 0) is 0 Å². The molecule has 1 saturated heterocycles. The maximum atomic E-state index is 12.8. The summed E-state index contributed by atoms with van der Waals surface area (Å²) in [6.45, 7) is 5.52. The summed E-state index contributed by atoms with van der Waals surface area (Å²) in [5, 5.41) is 9.20. The number of nitrogens with one attached hydrogen (secondary N) is 1. The number of aromatic nitrogens is 2. The Balaban J connectivity index is 1.36. The maximum absolute atomic E-state index is 12.8. The van der Waals surface area contributed by atoms with E-state index in [0.29, 0.717) is 18.8 Å². The van der Waals surface area contributed by atoms with E-state index in [-0.39, 0.29) is 12.0 Å². The first-order chi connectivity index (χ1) is 13.1. The Labute approximate surface area is 163 Å². The lowest BCUT2D eigenvalue weighted by molar-refractivity contribution is 0.0589. The predicted molar refractivity (Wildman–Crippen MR) is 107 cm³/mol. The van der Waals surface area contributed by atoms with Crippen molar-refractivity contribution in [1.29, 1.82) is 0 Å². The molecule has 6 heteroatoms. The number of ether oxygens (including phenoxy) is 1. The number of rotatable bonds is 4. The zero-order valence-corrected chi connectivity index (χ0v) is 16.4. The van der Waals surface area contributed by atoms with Gasteiger partial charge in [-0.05, 0) is 48.6 Å². The molecule has 1 N–H and O–H groups in total. The molecule has 0 bridgehead atoms. The van der Waals surface area contributed by atoms with Crippen molar-refractivity contribution < 1.29 is 9.53 Å². The molecular weight excluding hydrogens is 358 g/mol. The van der Waals surface area contributed by atoms with Crippen LogP contribution in [0.2, 0.25) is 0 Å². The molecule has 140 valence electrons. The third-order valence-electron chi connectivity index (χ3n) is 4.95. The van der Waals surface area contributed by atoms with E-state index in [9.17, 15) is 4.79 Å². The summed E-state index contributed by atoms with van der Waals surface area (Å²) in [5.41, 5.74) is 3.72. The van der Waals surface area contributed by atoms with Gasteiger partial charge in [-0.15, -0.1) is 11.3 Å². The van der Waals surface area contributed by atoms with E-state index >= 15 is 0 Å². The molecule has 1 aliphatic heterocycles. The first kappa shape index (κ1) is 17.8. The van der Waals surface area contributed by atoms with Gasteiger partial charge in [0.15, 0.2) is 5.69 Å². The highest BCUT2D eigenvalue weighted by atomic mass is 32.1. The van der Waals surface area contributed by atoms with Gasteiger partial charge in [-0.25, -0.2) is 0 Å². The van der Waals surface area contributed by atoms with Crippen LogP contribution in [0.3, 0.4) is 0 Å². The zero-order chi connectivity index (χ0) is 18.8. The van der Waals surface area contributed by atoms with Crippen molar-refractivity contribution in [2.75, 3.05) is 13.1 Å². The summed E-state index contributed by atoms with van der Waals surface area (Å²) in [7, 11) is 0. The van der Waals surface area contributed by atoms with Crippen LogP contribution in [0, 0.1) is 13.8 Å². The van der Waals surface area contributed by atoms with Crippen LogP contribution in [0.1, 0.15) is 34.5 Å². The number of thiophene rings is 1. The van der Waals surface area contributed by atoms with E-state index < -0.39 is 0 Å². The molecule has 1 amide bonds. The highest BCUT2D eigenvalue weighted by Gasteiger charge is 2.26. The normalized spacial score (nSPS) is 15.1. The number of carbonyl (C=O) groups excluding carboxylic acids is 1. The fourth-order valence-electron chi connectivity index (χ4n) is 3.34. The molecule has 3 aromatic rings. The van der Waals surface area contributed by atoms with E-state index in [0.717, 1.165) is 34.7 Å². The van der Waals surface area contributed by atoms with Gasteiger partial charge in [0.25, 0.3) is 5.91 Å². The van der Waals surface area contributed by atoms with Gasteiger partial charge in [0.05, 0.1) is 10.6 Å². The predicted octanol–water partition coefficient (Wildman–Crippen LogP) is 4.44. The Hall–Kier alpha value is -2.60. The van der Waals surface area contributed by atoms with Crippen LogP contribution in [0.15, 0.2) is 41.8 Å². The fraction of sp³-hybridized carbons (Fsp3) is 0.333. The van der Waals surface area contributed by atoms with E-state index in [4.69, 9.17) is 4.74 Å². The maximum Gasteiger partial charge on any atom is 0.274 e. The van der Waals surface area contributed by atoms with Crippen LogP contribution >= 0.6 is 11.3 Å². The fourth-order valence-corrected chi connectivity index (χ4v) is 4.03.